The topological polar surface area (TPSA) is 54.3 Å². The van der Waals surface area contributed by atoms with Crippen LogP contribution in [0.2, 0.25) is 0 Å². The minimum Gasteiger partial charge on any atom is -0.390 e. The lowest BCUT2D eigenvalue weighted by atomic mass is 10.3. The molecule has 0 fully saturated rings. The lowest BCUT2D eigenvalue weighted by Gasteiger charge is -2.06. The third-order valence-corrected chi connectivity index (χ3v) is 2.04. The number of aryl methyl sites for hydroxylation is 1. The van der Waals surface area contributed by atoms with Gasteiger partial charge >= 0.3 is 0 Å². The van der Waals surface area contributed by atoms with Gasteiger partial charge in [0, 0.05) is 31.4 Å². The van der Waals surface area contributed by atoms with Gasteiger partial charge in [-0.25, -0.2) is 0 Å². The van der Waals surface area contributed by atoms with Gasteiger partial charge < -0.3 is 15.0 Å². The van der Waals surface area contributed by atoms with Crippen LogP contribution in [0.4, 0.5) is 0 Å². The van der Waals surface area contributed by atoms with Crippen molar-refractivity contribution in [3.63, 3.8) is 0 Å². The van der Waals surface area contributed by atoms with Gasteiger partial charge in [0.05, 0.1) is 6.61 Å². The number of rotatable bonds is 5. The zero-order valence-corrected chi connectivity index (χ0v) is 8.36. The van der Waals surface area contributed by atoms with Gasteiger partial charge in [-0.15, -0.1) is 0 Å². The second kappa shape index (κ2) is 5.44. The molecule has 4 heteroatoms. The van der Waals surface area contributed by atoms with Crippen LogP contribution >= 0.6 is 0 Å². The number of aliphatic hydroxyl groups excluding tert-OH is 1. The molecule has 0 saturated heterocycles. The van der Waals surface area contributed by atoms with Crippen molar-refractivity contribution < 1.29 is 9.90 Å². The van der Waals surface area contributed by atoms with Crippen LogP contribution in [0, 0.1) is 0 Å². The Labute approximate surface area is 83.5 Å². The van der Waals surface area contributed by atoms with Crippen molar-refractivity contribution >= 4 is 5.91 Å². The summed E-state index contributed by atoms with van der Waals surface area (Å²) in [6.45, 7) is 3.20. The molecule has 0 spiro atoms. The molecular formula is C10H16N2O2. The molecule has 1 amide bonds. The van der Waals surface area contributed by atoms with E-state index in [0.29, 0.717) is 19.5 Å². The summed E-state index contributed by atoms with van der Waals surface area (Å²) in [6, 6.07) is 3.71. The first-order valence-corrected chi connectivity index (χ1v) is 4.79. The molecule has 0 bridgehead atoms. The van der Waals surface area contributed by atoms with Crippen molar-refractivity contribution in [2.75, 3.05) is 6.54 Å². The predicted octanol–water partition coefficient (Wildman–Crippen LogP) is 0.507. The number of hydrogen-bond donors (Lipinski definition) is 2. The van der Waals surface area contributed by atoms with Gasteiger partial charge in [0.1, 0.15) is 0 Å². The summed E-state index contributed by atoms with van der Waals surface area (Å²) in [5, 5.41) is 11.7. The molecule has 0 radical (unpaired) electrons. The molecule has 4 nitrogen and oxygen atoms in total. The lowest BCUT2D eigenvalue weighted by Crippen LogP contribution is -2.23. The van der Waals surface area contributed by atoms with Gasteiger partial charge in [-0.1, -0.05) is 0 Å². The number of carbonyl (C=O) groups excluding carboxylic acids is 1. The average molecular weight is 196 g/mol. The number of aliphatic hydroxyl groups is 1. The van der Waals surface area contributed by atoms with Crippen molar-refractivity contribution in [3.05, 3.63) is 24.0 Å². The van der Waals surface area contributed by atoms with Crippen LogP contribution < -0.4 is 5.32 Å². The number of nitrogens with zero attached hydrogens (tertiary/aromatic N) is 1. The Morgan fingerprint density at radius 3 is 3.07 bits per heavy atom. The van der Waals surface area contributed by atoms with Gasteiger partial charge in [-0.2, -0.15) is 0 Å². The maximum Gasteiger partial charge on any atom is 0.221 e. The maximum absolute atomic E-state index is 11.2. The molecule has 0 aliphatic rings. The summed E-state index contributed by atoms with van der Waals surface area (Å²) in [5.74, 6) is 0.0464. The van der Waals surface area contributed by atoms with Crippen LogP contribution in [0.5, 0.6) is 0 Å². The van der Waals surface area contributed by atoms with E-state index < -0.39 is 0 Å². The van der Waals surface area contributed by atoms with Crippen LogP contribution in [-0.2, 0) is 17.9 Å². The van der Waals surface area contributed by atoms with Gasteiger partial charge in [-0.3, -0.25) is 4.79 Å². The molecular weight excluding hydrogens is 180 g/mol. The van der Waals surface area contributed by atoms with Crippen molar-refractivity contribution in [1.82, 2.24) is 9.88 Å². The maximum atomic E-state index is 11.2. The average Bonchev–Trinajstić information content (AvgIpc) is 2.62. The van der Waals surface area contributed by atoms with Crippen molar-refractivity contribution in [2.24, 2.45) is 0 Å². The first-order valence-electron chi connectivity index (χ1n) is 4.79. The molecule has 2 N–H and O–H groups in total. The van der Waals surface area contributed by atoms with Crippen molar-refractivity contribution in [1.29, 1.82) is 0 Å². The first-order chi connectivity index (χ1) is 6.77. The Morgan fingerprint density at radius 1 is 1.64 bits per heavy atom. The van der Waals surface area contributed by atoms with Crippen LogP contribution in [0.1, 0.15) is 19.0 Å². The van der Waals surface area contributed by atoms with E-state index in [1.807, 2.05) is 29.8 Å². The lowest BCUT2D eigenvalue weighted by molar-refractivity contribution is -0.121. The Bertz CT molecular complexity index is 294. The molecule has 1 aromatic rings. The zero-order chi connectivity index (χ0) is 10.4. The smallest absolute Gasteiger partial charge is 0.221 e. The standard InChI is InChI=1S/C10H16N2O2/c1-2-11-10(14)5-7-12-6-3-4-9(12)8-13/h3-4,6,13H,2,5,7-8H2,1H3,(H,11,14). The number of hydrogen-bond acceptors (Lipinski definition) is 2. The van der Waals surface area contributed by atoms with E-state index in [0.717, 1.165) is 5.69 Å². The molecule has 0 aromatic carbocycles. The second-order valence-electron chi connectivity index (χ2n) is 3.05. The molecule has 0 aliphatic carbocycles. The number of carbonyl (C=O) groups is 1. The van der Waals surface area contributed by atoms with Crippen LogP contribution in [-0.4, -0.2) is 22.1 Å². The summed E-state index contributed by atoms with van der Waals surface area (Å²) in [4.78, 5) is 11.2. The van der Waals surface area contributed by atoms with E-state index in [4.69, 9.17) is 5.11 Å². The van der Waals surface area contributed by atoms with Gasteiger partial charge in [0.2, 0.25) is 5.91 Å². The normalized spacial score (nSPS) is 10.1. The summed E-state index contributed by atoms with van der Waals surface area (Å²) in [5.41, 5.74) is 0.842. The Hall–Kier alpha value is -1.29. The predicted molar refractivity (Wildman–Crippen MR) is 53.7 cm³/mol. The van der Waals surface area contributed by atoms with E-state index in [9.17, 15) is 4.79 Å². The highest BCUT2D eigenvalue weighted by atomic mass is 16.3. The van der Waals surface area contributed by atoms with E-state index in [-0.39, 0.29) is 12.5 Å². The van der Waals surface area contributed by atoms with E-state index in [2.05, 4.69) is 5.32 Å². The number of aromatic nitrogens is 1. The number of nitrogens with one attached hydrogen (secondary N) is 1. The molecule has 1 aromatic heterocycles. The summed E-state index contributed by atoms with van der Waals surface area (Å²) >= 11 is 0. The van der Waals surface area contributed by atoms with Crippen LogP contribution in [0.25, 0.3) is 0 Å². The van der Waals surface area contributed by atoms with Crippen molar-refractivity contribution in [2.45, 2.75) is 26.5 Å². The van der Waals surface area contributed by atoms with Crippen LogP contribution in [0.3, 0.4) is 0 Å². The fraction of sp³-hybridized carbons (Fsp3) is 0.500. The molecule has 0 saturated carbocycles. The molecule has 1 rings (SSSR count). The third-order valence-electron chi connectivity index (χ3n) is 2.04. The molecule has 78 valence electrons. The first kappa shape index (κ1) is 10.8. The Balaban J connectivity index is 2.41. The molecule has 0 atom stereocenters. The van der Waals surface area contributed by atoms with Gasteiger partial charge in [0.25, 0.3) is 0 Å². The van der Waals surface area contributed by atoms with E-state index >= 15 is 0 Å². The highest BCUT2D eigenvalue weighted by Crippen LogP contribution is 2.02. The molecule has 0 aliphatic heterocycles. The van der Waals surface area contributed by atoms with E-state index in [1.165, 1.54) is 0 Å². The monoisotopic (exact) mass is 196 g/mol. The zero-order valence-electron chi connectivity index (χ0n) is 8.36. The Morgan fingerprint density at radius 2 is 2.43 bits per heavy atom. The quantitative estimate of drug-likeness (QED) is 0.720. The Kier molecular flexibility index (Phi) is 4.19. The highest BCUT2D eigenvalue weighted by molar-refractivity contribution is 5.75. The van der Waals surface area contributed by atoms with Crippen molar-refractivity contribution in [3.8, 4) is 0 Å². The minimum atomic E-state index is 0.0163. The van der Waals surface area contributed by atoms with Gasteiger partial charge in [0.15, 0.2) is 0 Å². The number of amides is 1. The fourth-order valence-electron chi connectivity index (χ4n) is 1.32. The highest BCUT2D eigenvalue weighted by Gasteiger charge is 2.02. The second-order valence-corrected chi connectivity index (χ2v) is 3.05. The fourth-order valence-corrected chi connectivity index (χ4v) is 1.32. The molecule has 1 heterocycles. The molecule has 14 heavy (non-hydrogen) atoms. The molecule has 0 unspecified atom stereocenters. The summed E-state index contributed by atoms with van der Waals surface area (Å²) < 4.78 is 1.88. The third kappa shape index (κ3) is 2.88. The SMILES string of the molecule is CCNC(=O)CCn1cccc1CO. The van der Waals surface area contributed by atoms with Gasteiger partial charge in [-0.05, 0) is 19.1 Å². The van der Waals surface area contributed by atoms with Crippen LogP contribution in [0.15, 0.2) is 18.3 Å². The summed E-state index contributed by atoms with van der Waals surface area (Å²) in [7, 11) is 0. The largest absolute Gasteiger partial charge is 0.390 e. The minimum absolute atomic E-state index is 0.0163. The van der Waals surface area contributed by atoms with E-state index in [1.54, 1.807) is 0 Å². The summed E-state index contributed by atoms with van der Waals surface area (Å²) in [6.07, 6.45) is 2.32.